The number of hydrogen-bond acceptors (Lipinski definition) is 11. The average molecular weight is 695 g/mol. The highest BCUT2D eigenvalue weighted by Gasteiger charge is 2.29. The summed E-state index contributed by atoms with van der Waals surface area (Å²) in [6, 6.07) is 2.78. The summed E-state index contributed by atoms with van der Waals surface area (Å²) < 4.78 is 19.1. The molecule has 0 aliphatic carbocycles. The van der Waals surface area contributed by atoms with Gasteiger partial charge in [-0.25, -0.2) is 23.5 Å². The number of nitrogens with one attached hydrogen (secondary N) is 3. The molecule has 0 saturated carbocycles. The van der Waals surface area contributed by atoms with Crippen LogP contribution < -0.4 is 37.1 Å². The Morgan fingerprint density at radius 2 is 1.73 bits per heavy atom. The first-order valence-corrected chi connectivity index (χ1v) is 15.3. The average Bonchev–Trinajstić information content (AvgIpc) is 3.34. The van der Waals surface area contributed by atoms with E-state index in [1.165, 1.54) is 6.07 Å². The van der Waals surface area contributed by atoms with E-state index in [2.05, 4.69) is 25.9 Å². The zero-order valence-electron chi connectivity index (χ0n) is 26.8. The van der Waals surface area contributed by atoms with Crippen LogP contribution in [-0.2, 0) is 34.0 Å². The number of hydrogen-bond donors (Lipinski definition) is 6. The van der Waals surface area contributed by atoms with Gasteiger partial charge in [-0.1, -0.05) is 11.6 Å². The fourth-order valence-electron chi connectivity index (χ4n) is 5.28. The van der Waals surface area contributed by atoms with E-state index in [1.807, 2.05) is 34.8 Å². The van der Waals surface area contributed by atoms with Crippen molar-refractivity contribution in [2.45, 2.75) is 59.3 Å². The molecule has 1 fully saturated rings. The third kappa shape index (κ3) is 9.95. The molecule has 3 aromatic rings. The van der Waals surface area contributed by atoms with Crippen molar-refractivity contribution in [3.8, 4) is 0 Å². The van der Waals surface area contributed by atoms with Crippen molar-refractivity contribution in [3.63, 3.8) is 0 Å². The summed E-state index contributed by atoms with van der Waals surface area (Å²) >= 11 is 5.92. The molecule has 1 saturated heterocycles. The monoisotopic (exact) mass is 694 g/mol. The van der Waals surface area contributed by atoms with Gasteiger partial charge < -0.3 is 42.4 Å². The van der Waals surface area contributed by atoms with Crippen LogP contribution in [0.15, 0.2) is 12.1 Å². The van der Waals surface area contributed by atoms with Crippen LogP contribution in [-0.4, -0.2) is 87.4 Å². The van der Waals surface area contributed by atoms with E-state index in [4.69, 9.17) is 42.9 Å². The van der Waals surface area contributed by atoms with Crippen molar-refractivity contribution in [1.82, 2.24) is 35.4 Å². The maximum absolute atomic E-state index is 15.4. The van der Waals surface area contributed by atoms with Gasteiger partial charge >= 0.3 is 0 Å². The minimum Gasteiger partial charge on any atom is -0.554 e. The number of carbonyl (C=O) groups is 5. The Labute approximate surface area is 280 Å². The third-order valence-corrected chi connectivity index (χ3v) is 7.62. The molecular formula is C29H40ClFN10O7. The normalized spacial score (nSPS) is 12.9. The van der Waals surface area contributed by atoms with Crippen LogP contribution in [0.25, 0.3) is 11.0 Å². The fourth-order valence-corrected chi connectivity index (χ4v) is 5.41. The van der Waals surface area contributed by atoms with Crippen LogP contribution in [0, 0.1) is 5.82 Å². The minimum atomic E-state index is -0.640. The number of nitrogen functional groups attached to an aromatic ring is 2. The summed E-state index contributed by atoms with van der Waals surface area (Å²) in [5.41, 5.74) is 12.5. The van der Waals surface area contributed by atoms with E-state index in [0.29, 0.717) is 69.0 Å². The molecule has 4 rings (SSSR count). The topological polar surface area (TPSA) is 255 Å². The highest BCUT2D eigenvalue weighted by atomic mass is 35.5. The summed E-state index contributed by atoms with van der Waals surface area (Å²) in [5, 5.41) is 23.5. The fraction of sp³-hybridized carbons (Fsp3) is 0.448. The number of aromatic nitrogens is 4. The molecule has 0 bridgehead atoms. The van der Waals surface area contributed by atoms with Crippen LogP contribution >= 0.6 is 11.6 Å². The van der Waals surface area contributed by atoms with E-state index in [9.17, 15) is 14.4 Å². The van der Waals surface area contributed by atoms with Gasteiger partial charge in [-0.05, 0) is 33.6 Å². The molecule has 0 radical (unpaired) electrons. The second-order valence-corrected chi connectivity index (χ2v) is 10.6. The number of carbonyl (C=O) groups excluding carboxylic acids is 4. The van der Waals surface area contributed by atoms with Gasteiger partial charge in [-0.15, -0.1) is 0 Å². The Balaban J connectivity index is 0.00000124. The molecule has 0 unspecified atom stereocenters. The first kappa shape index (κ1) is 39.1. The zero-order chi connectivity index (χ0) is 36.0. The van der Waals surface area contributed by atoms with Crippen molar-refractivity contribution in [3.05, 3.63) is 40.2 Å². The summed E-state index contributed by atoms with van der Waals surface area (Å²) in [5.74, 6) is -1.30. The predicted octanol–water partition coefficient (Wildman–Crippen LogP) is -0.957. The van der Waals surface area contributed by atoms with E-state index < -0.39 is 24.1 Å². The van der Waals surface area contributed by atoms with Gasteiger partial charge in [0.25, 0.3) is 24.1 Å². The maximum Gasteiger partial charge on any atom is 0.290 e. The molecule has 2 aromatic heterocycles. The van der Waals surface area contributed by atoms with Gasteiger partial charge in [0.1, 0.15) is 12.4 Å². The quantitative estimate of drug-likeness (QED) is 0.111. The van der Waals surface area contributed by atoms with Crippen LogP contribution in [0.1, 0.15) is 60.3 Å². The summed E-state index contributed by atoms with van der Waals surface area (Å²) in [4.78, 5) is 64.4. The number of benzene rings is 1. The second-order valence-electron chi connectivity index (χ2n) is 10.2. The molecule has 1 aromatic carbocycles. The molecule has 17 nitrogen and oxygen atoms in total. The Kier molecular flexibility index (Phi) is 15.4. The second kappa shape index (κ2) is 18.9. The number of likely N-dealkylation sites (N-methyl/N-ethyl adjacent to an activating group) is 1. The molecular weight excluding hydrogens is 655 g/mol. The maximum atomic E-state index is 15.4. The molecule has 1 aliphatic rings. The van der Waals surface area contributed by atoms with Gasteiger partial charge in [0.05, 0.1) is 25.2 Å². The van der Waals surface area contributed by atoms with Gasteiger partial charge in [0, 0.05) is 44.3 Å². The Bertz CT molecular complexity index is 1610. The predicted molar refractivity (Wildman–Crippen MR) is 171 cm³/mol. The SMILES string of the molecule is CCNC(=O)CN1CCC(NC(=O)c2cc3c(cc2F)n(CC)c(CNC(=O)c2nc(Cl)c(N)nc2N)[n+]3CC)CC1.O=CO.O=C[O-]. The number of aryl methyl sites for hydroxylation is 2. The number of carboxylic acid groups (broad SMARTS) is 2. The van der Waals surface area contributed by atoms with Crippen LogP contribution in [0.3, 0.4) is 0 Å². The van der Waals surface area contributed by atoms with Crippen molar-refractivity contribution < 1.29 is 43.1 Å². The molecule has 0 spiro atoms. The van der Waals surface area contributed by atoms with Gasteiger partial charge in [0.2, 0.25) is 5.91 Å². The largest absolute Gasteiger partial charge is 0.554 e. The standard InChI is InChI=1S/C27H36ClFN10O3.2CH2O2/c1-4-32-20(40)14-37-9-7-15(8-10-37)34-26(41)16-11-18-19(12-17(16)29)39(6-3)21(38(18)5-2)13-33-27(42)22-24(30)36-25(31)23(28)35-22;2*2-1-3/h11-12,15H,4-10,13-14H2,1-3H3,(H6-,30,31,32,33,34,36,40,41,42);2*1H,(H,2,3). The number of likely N-dealkylation sites (tertiary alicyclic amines) is 1. The molecule has 1 aliphatic heterocycles. The van der Waals surface area contributed by atoms with E-state index >= 15 is 4.39 Å². The Morgan fingerprint density at radius 3 is 2.29 bits per heavy atom. The number of anilines is 2. The lowest BCUT2D eigenvalue weighted by atomic mass is 10.0. The third-order valence-electron chi connectivity index (χ3n) is 7.34. The number of nitrogens with two attached hydrogens (primary N) is 2. The highest BCUT2D eigenvalue weighted by Crippen LogP contribution is 2.22. The number of fused-ring (bicyclic) bond motifs is 1. The van der Waals surface area contributed by atoms with Gasteiger partial charge in [-0.2, -0.15) is 0 Å². The van der Waals surface area contributed by atoms with E-state index in [1.54, 1.807) is 6.07 Å². The van der Waals surface area contributed by atoms with E-state index in [-0.39, 0.29) is 53.0 Å². The molecule has 0 atom stereocenters. The molecule has 19 heteroatoms. The number of rotatable bonds is 10. The molecule has 48 heavy (non-hydrogen) atoms. The molecule has 3 heterocycles. The van der Waals surface area contributed by atoms with Crippen molar-refractivity contribution in [1.29, 1.82) is 0 Å². The van der Waals surface area contributed by atoms with Gasteiger partial charge in [0.15, 0.2) is 33.5 Å². The first-order chi connectivity index (χ1) is 22.9. The van der Waals surface area contributed by atoms with Crippen molar-refractivity contribution >= 4 is 64.9 Å². The Hall–Kier alpha value is -5.10. The number of amides is 3. The summed E-state index contributed by atoms with van der Waals surface area (Å²) in [6.07, 6.45) is 1.32. The highest BCUT2D eigenvalue weighted by molar-refractivity contribution is 6.31. The molecule has 8 N–H and O–H groups in total. The number of halogens is 2. The van der Waals surface area contributed by atoms with Crippen LogP contribution in [0.2, 0.25) is 5.15 Å². The lowest BCUT2D eigenvalue weighted by molar-refractivity contribution is -0.676. The Morgan fingerprint density at radius 1 is 1.10 bits per heavy atom. The van der Waals surface area contributed by atoms with Crippen LogP contribution in [0.5, 0.6) is 0 Å². The zero-order valence-corrected chi connectivity index (χ0v) is 27.6. The van der Waals surface area contributed by atoms with Gasteiger partial charge in [-0.3, -0.25) is 24.1 Å². The minimum absolute atomic E-state index is 0.0232. The summed E-state index contributed by atoms with van der Waals surface area (Å²) in [7, 11) is 0. The number of piperidine rings is 1. The molecule has 3 amide bonds. The lowest BCUT2D eigenvalue weighted by Crippen LogP contribution is -2.47. The van der Waals surface area contributed by atoms with Crippen molar-refractivity contribution in [2.24, 2.45) is 0 Å². The number of nitrogens with zero attached hydrogens (tertiary/aromatic N) is 5. The first-order valence-electron chi connectivity index (χ1n) is 14.9. The van der Waals surface area contributed by atoms with Crippen molar-refractivity contribution in [2.75, 3.05) is 37.6 Å². The lowest BCUT2D eigenvalue weighted by Gasteiger charge is -2.31. The molecule has 262 valence electrons. The smallest absolute Gasteiger partial charge is 0.290 e. The number of imidazole rings is 1. The summed E-state index contributed by atoms with van der Waals surface area (Å²) in [6.45, 7) is 8.24. The van der Waals surface area contributed by atoms with Crippen LogP contribution in [0.4, 0.5) is 16.0 Å². The van der Waals surface area contributed by atoms with E-state index in [0.717, 1.165) is 0 Å².